The van der Waals surface area contributed by atoms with Gasteiger partial charge in [-0.15, -0.1) is 0 Å². The maximum absolute atomic E-state index is 9.10. The Kier molecular flexibility index (Phi) is 3.97. The number of hydrogen-bond donors (Lipinski definition) is 2. The van der Waals surface area contributed by atoms with E-state index in [1.54, 1.807) is 0 Å². The summed E-state index contributed by atoms with van der Waals surface area (Å²) < 4.78 is 0. The highest BCUT2D eigenvalue weighted by atomic mass is 16.3. The molecule has 17 heavy (non-hydrogen) atoms. The van der Waals surface area contributed by atoms with Gasteiger partial charge in [0.2, 0.25) is 0 Å². The molecule has 94 valence electrons. The summed E-state index contributed by atoms with van der Waals surface area (Å²) in [5.41, 5.74) is 6.87. The molecule has 1 atom stereocenters. The summed E-state index contributed by atoms with van der Waals surface area (Å²) in [6.45, 7) is 4.24. The Morgan fingerprint density at radius 1 is 1.47 bits per heavy atom. The summed E-state index contributed by atoms with van der Waals surface area (Å²) in [6.07, 6.45) is 3.96. The highest BCUT2D eigenvalue weighted by Gasteiger charge is 2.19. The summed E-state index contributed by atoms with van der Waals surface area (Å²) in [7, 11) is 0. The lowest BCUT2D eigenvalue weighted by atomic mass is 9.98. The zero-order chi connectivity index (χ0) is 12.3. The topological polar surface area (TPSA) is 62.4 Å². The fraction of sp³-hybridized carbons (Fsp3) is 0.615. The Hall–Kier alpha value is -1.13. The number of nitrogens with zero attached hydrogens (tertiary/aromatic N) is 2. The first-order valence-electron chi connectivity index (χ1n) is 6.28. The molecule has 0 spiro atoms. The van der Waals surface area contributed by atoms with Crippen LogP contribution in [0.15, 0.2) is 18.3 Å². The molecule has 0 bridgehead atoms. The Bertz CT molecular complexity index is 342. The first kappa shape index (κ1) is 12.3. The molecular weight excluding hydrogens is 214 g/mol. The van der Waals surface area contributed by atoms with Gasteiger partial charge in [-0.25, -0.2) is 4.98 Å². The lowest BCUT2D eigenvalue weighted by molar-refractivity contribution is 0.203. The van der Waals surface area contributed by atoms with Crippen LogP contribution in [0.1, 0.15) is 31.4 Å². The van der Waals surface area contributed by atoms with Gasteiger partial charge in [-0.2, -0.15) is 0 Å². The summed E-state index contributed by atoms with van der Waals surface area (Å²) in [6, 6.07) is 4.12. The predicted molar refractivity (Wildman–Crippen MR) is 68.9 cm³/mol. The number of anilines is 1. The minimum atomic E-state index is 0.0386. The van der Waals surface area contributed by atoms with Gasteiger partial charge in [-0.3, -0.25) is 0 Å². The number of piperidine rings is 1. The zero-order valence-corrected chi connectivity index (χ0v) is 10.3. The maximum Gasteiger partial charge on any atom is 0.128 e. The molecule has 1 saturated heterocycles. The fourth-order valence-electron chi connectivity index (χ4n) is 2.20. The molecule has 0 aromatic carbocycles. The number of nitrogens with two attached hydrogens (primary N) is 1. The molecule has 1 aromatic heterocycles. The number of pyridine rings is 1. The van der Waals surface area contributed by atoms with Crippen LogP contribution in [0, 0.1) is 5.92 Å². The molecule has 4 nitrogen and oxygen atoms in total. The lowest BCUT2D eigenvalue weighted by Crippen LogP contribution is -2.35. The van der Waals surface area contributed by atoms with E-state index < -0.39 is 0 Å². The first-order valence-corrected chi connectivity index (χ1v) is 6.28. The van der Waals surface area contributed by atoms with Crippen LogP contribution in [-0.4, -0.2) is 29.8 Å². The molecule has 3 N–H and O–H groups in total. The minimum absolute atomic E-state index is 0.0386. The highest BCUT2D eigenvalue weighted by molar-refractivity contribution is 5.40. The van der Waals surface area contributed by atoms with Gasteiger partial charge in [0, 0.05) is 31.9 Å². The first-order chi connectivity index (χ1) is 8.20. The van der Waals surface area contributed by atoms with Gasteiger partial charge in [0.25, 0.3) is 0 Å². The molecule has 2 rings (SSSR count). The van der Waals surface area contributed by atoms with E-state index in [2.05, 4.69) is 9.88 Å². The molecule has 4 heteroatoms. The van der Waals surface area contributed by atoms with Gasteiger partial charge in [0.1, 0.15) is 5.82 Å². The van der Waals surface area contributed by atoms with Crippen LogP contribution in [0.3, 0.4) is 0 Å². The summed E-state index contributed by atoms with van der Waals surface area (Å²) >= 11 is 0. The molecule has 0 aliphatic carbocycles. The average molecular weight is 235 g/mol. The SMILES string of the molecule is CC(N)c1ccc(N2CCC(CO)CC2)nc1. The maximum atomic E-state index is 9.10. The van der Waals surface area contributed by atoms with Crippen molar-refractivity contribution in [2.45, 2.75) is 25.8 Å². The number of aliphatic hydroxyl groups excluding tert-OH is 1. The van der Waals surface area contributed by atoms with Crippen molar-refractivity contribution in [1.82, 2.24) is 4.98 Å². The highest BCUT2D eigenvalue weighted by Crippen LogP contribution is 2.22. The molecule has 1 aromatic rings. The van der Waals surface area contributed by atoms with Gasteiger partial charge >= 0.3 is 0 Å². The van der Waals surface area contributed by atoms with E-state index in [0.29, 0.717) is 12.5 Å². The van der Waals surface area contributed by atoms with Crippen LogP contribution in [-0.2, 0) is 0 Å². The van der Waals surface area contributed by atoms with Crippen LogP contribution in [0.5, 0.6) is 0 Å². The van der Waals surface area contributed by atoms with Crippen molar-refractivity contribution in [2.75, 3.05) is 24.6 Å². The van der Waals surface area contributed by atoms with Gasteiger partial charge in [0.15, 0.2) is 0 Å². The van der Waals surface area contributed by atoms with E-state index in [1.807, 2.05) is 25.3 Å². The van der Waals surface area contributed by atoms with Crippen molar-refractivity contribution in [3.8, 4) is 0 Å². The number of hydrogen-bond acceptors (Lipinski definition) is 4. The number of aromatic nitrogens is 1. The second-order valence-corrected chi connectivity index (χ2v) is 4.85. The third-order valence-electron chi connectivity index (χ3n) is 3.49. The molecule has 1 unspecified atom stereocenters. The van der Waals surface area contributed by atoms with E-state index in [9.17, 15) is 0 Å². The van der Waals surface area contributed by atoms with Gasteiger partial charge in [0.05, 0.1) is 0 Å². The van der Waals surface area contributed by atoms with Crippen molar-refractivity contribution < 1.29 is 5.11 Å². The molecule has 0 radical (unpaired) electrons. The largest absolute Gasteiger partial charge is 0.396 e. The second kappa shape index (κ2) is 5.47. The van der Waals surface area contributed by atoms with E-state index in [1.165, 1.54) is 0 Å². The normalized spacial score (nSPS) is 19.4. The third-order valence-corrected chi connectivity index (χ3v) is 3.49. The second-order valence-electron chi connectivity index (χ2n) is 4.85. The summed E-state index contributed by atoms with van der Waals surface area (Å²) in [5.74, 6) is 1.49. The summed E-state index contributed by atoms with van der Waals surface area (Å²) in [5, 5.41) is 9.10. The quantitative estimate of drug-likeness (QED) is 0.829. The van der Waals surface area contributed by atoms with Crippen molar-refractivity contribution >= 4 is 5.82 Å². The number of aliphatic hydroxyl groups is 1. The smallest absolute Gasteiger partial charge is 0.128 e. The van der Waals surface area contributed by atoms with Crippen molar-refractivity contribution in [1.29, 1.82) is 0 Å². The van der Waals surface area contributed by atoms with E-state index in [4.69, 9.17) is 10.8 Å². The van der Waals surface area contributed by atoms with Crippen molar-refractivity contribution in [3.63, 3.8) is 0 Å². The van der Waals surface area contributed by atoms with Crippen molar-refractivity contribution in [3.05, 3.63) is 23.9 Å². The molecule has 1 fully saturated rings. The van der Waals surface area contributed by atoms with Crippen LogP contribution < -0.4 is 10.6 Å². The molecule has 1 aliphatic rings. The van der Waals surface area contributed by atoms with Crippen LogP contribution >= 0.6 is 0 Å². The van der Waals surface area contributed by atoms with Crippen molar-refractivity contribution in [2.24, 2.45) is 11.7 Å². The Balaban J connectivity index is 1.99. The molecule has 0 saturated carbocycles. The lowest BCUT2D eigenvalue weighted by Gasteiger charge is -2.32. The third kappa shape index (κ3) is 2.96. The van der Waals surface area contributed by atoms with Crippen LogP contribution in [0.25, 0.3) is 0 Å². The monoisotopic (exact) mass is 235 g/mol. The molecule has 0 amide bonds. The van der Waals surface area contributed by atoms with E-state index in [0.717, 1.165) is 37.3 Å². The van der Waals surface area contributed by atoms with Crippen LogP contribution in [0.2, 0.25) is 0 Å². The molecular formula is C13H21N3O. The summed E-state index contributed by atoms with van der Waals surface area (Å²) in [4.78, 5) is 6.73. The fourth-order valence-corrected chi connectivity index (χ4v) is 2.20. The minimum Gasteiger partial charge on any atom is -0.396 e. The predicted octanol–water partition coefficient (Wildman–Crippen LogP) is 1.31. The van der Waals surface area contributed by atoms with E-state index in [-0.39, 0.29) is 6.04 Å². The Morgan fingerprint density at radius 3 is 2.65 bits per heavy atom. The van der Waals surface area contributed by atoms with Crippen LogP contribution in [0.4, 0.5) is 5.82 Å². The Labute approximate surface area is 102 Å². The molecule has 2 heterocycles. The number of rotatable bonds is 3. The van der Waals surface area contributed by atoms with Gasteiger partial charge in [-0.1, -0.05) is 6.07 Å². The molecule has 1 aliphatic heterocycles. The standard InChI is InChI=1S/C13H21N3O/c1-10(14)12-2-3-13(15-8-12)16-6-4-11(9-17)5-7-16/h2-3,8,10-11,17H,4-7,9,14H2,1H3. The Morgan fingerprint density at radius 2 is 2.18 bits per heavy atom. The van der Waals surface area contributed by atoms with E-state index >= 15 is 0 Å². The van der Waals surface area contributed by atoms with Gasteiger partial charge in [-0.05, 0) is 37.3 Å². The average Bonchev–Trinajstić information content (AvgIpc) is 2.39. The zero-order valence-electron chi connectivity index (χ0n) is 10.3. The van der Waals surface area contributed by atoms with Gasteiger partial charge < -0.3 is 15.7 Å².